The Kier molecular flexibility index (Phi) is 7.42. The first-order valence-corrected chi connectivity index (χ1v) is 12.1. The molecule has 184 valence electrons. The van der Waals surface area contributed by atoms with Crippen LogP contribution in [0.5, 0.6) is 0 Å². The Morgan fingerprint density at radius 1 is 1.14 bits per heavy atom. The van der Waals surface area contributed by atoms with Gasteiger partial charge in [0.25, 0.3) is 0 Å². The molecular formula is C26H26Cl2N8. The first-order chi connectivity index (χ1) is 17.2. The molecule has 3 aromatic rings. The topological polar surface area (TPSA) is 112 Å². The molecule has 2 heterocycles. The van der Waals surface area contributed by atoms with Crippen LogP contribution in [0.3, 0.4) is 0 Å². The summed E-state index contributed by atoms with van der Waals surface area (Å²) < 4.78 is 0. The largest absolute Gasteiger partial charge is 0.383 e. The highest BCUT2D eigenvalue weighted by Gasteiger charge is 2.25. The summed E-state index contributed by atoms with van der Waals surface area (Å²) in [6, 6.07) is 15.2. The van der Waals surface area contributed by atoms with Gasteiger partial charge >= 0.3 is 0 Å². The van der Waals surface area contributed by atoms with Gasteiger partial charge in [0, 0.05) is 35.0 Å². The predicted molar refractivity (Wildman–Crippen MR) is 144 cm³/mol. The first kappa shape index (κ1) is 25.4. The second-order valence-corrected chi connectivity index (χ2v) is 10.4. The molecule has 0 saturated heterocycles. The SMILES string of the molecule is CC(C)(C)CNc1c(C#N)cnc2c(Cl)cc(NC(C3=CN(CC#N)NN3)c3ccccc3Cl)cc12. The molecule has 0 spiro atoms. The highest BCUT2D eigenvalue weighted by Crippen LogP contribution is 2.37. The molecule has 0 fully saturated rings. The standard InChI is InChI=1S/C26H26Cl2N8/c1-26(2,3)15-32-23-16(12-30)13-31-24-19(23)10-17(11-21(24)28)33-25(18-6-4-5-7-20(18)27)22-14-36(9-8-29)35-34-22/h4-7,10-11,13-14,25,33-35H,9,15H2,1-3H3,(H,31,32). The van der Waals surface area contributed by atoms with Crippen LogP contribution in [0.1, 0.15) is 37.9 Å². The van der Waals surface area contributed by atoms with Crippen LogP contribution in [0, 0.1) is 28.1 Å². The summed E-state index contributed by atoms with van der Waals surface area (Å²) in [6.45, 7) is 7.19. The molecule has 1 unspecified atom stereocenters. The Morgan fingerprint density at radius 3 is 2.61 bits per heavy atom. The van der Waals surface area contributed by atoms with Crippen molar-refractivity contribution in [2.24, 2.45) is 5.41 Å². The lowest BCUT2D eigenvalue weighted by atomic mass is 9.96. The van der Waals surface area contributed by atoms with Gasteiger partial charge in [-0.3, -0.25) is 9.99 Å². The summed E-state index contributed by atoms with van der Waals surface area (Å²) in [5.74, 6) is 0. The minimum Gasteiger partial charge on any atom is -0.383 e. The molecule has 0 amide bonds. The van der Waals surface area contributed by atoms with E-state index in [0.717, 1.165) is 22.3 Å². The number of pyridine rings is 1. The van der Waals surface area contributed by atoms with Gasteiger partial charge in [-0.05, 0) is 29.2 Å². The fourth-order valence-electron chi connectivity index (χ4n) is 3.85. The molecule has 1 atom stereocenters. The molecule has 1 aromatic heterocycles. The van der Waals surface area contributed by atoms with E-state index in [1.807, 2.05) is 36.5 Å². The lowest BCUT2D eigenvalue weighted by Gasteiger charge is -2.24. The van der Waals surface area contributed by atoms with Gasteiger partial charge in [0.1, 0.15) is 12.6 Å². The number of nitriles is 2. The third kappa shape index (κ3) is 5.58. The van der Waals surface area contributed by atoms with Crippen LogP contribution < -0.4 is 21.6 Å². The van der Waals surface area contributed by atoms with Crippen molar-refractivity contribution in [3.63, 3.8) is 0 Å². The maximum absolute atomic E-state index is 9.74. The summed E-state index contributed by atoms with van der Waals surface area (Å²) in [5.41, 5.74) is 10.1. The minimum absolute atomic E-state index is 0.0000453. The van der Waals surface area contributed by atoms with E-state index in [1.165, 1.54) is 0 Å². The van der Waals surface area contributed by atoms with Gasteiger partial charge in [-0.25, -0.2) is 0 Å². The Balaban J connectivity index is 1.80. The van der Waals surface area contributed by atoms with E-state index in [0.29, 0.717) is 33.4 Å². The number of benzene rings is 2. The van der Waals surface area contributed by atoms with Crippen molar-refractivity contribution in [1.82, 2.24) is 21.0 Å². The number of nitrogens with zero attached hydrogens (tertiary/aromatic N) is 4. The van der Waals surface area contributed by atoms with Crippen molar-refractivity contribution < 1.29 is 0 Å². The van der Waals surface area contributed by atoms with Crippen LogP contribution in [0.4, 0.5) is 11.4 Å². The van der Waals surface area contributed by atoms with Crippen LogP contribution in [0.25, 0.3) is 10.9 Å². The second kappa shape index (κ2) is 10.5. The highest BCUT2D eigenvalue weighted by molar-refractivity contribution is 6.36. The zero-order valence-electron chi connectivity index (χ0n) is 20.2. The number of halogens is 2. The maximum atomic E-state index is 9.74. The number of hydrogen-bond donors (Lipinski definition) is 4. The average Bonchev–Trinajstić information content (AvgIpc) is 3.29. The predicted octanol–water partition coefficient (Wildman–Crippen LogP) is 5.71. The number of hydrogen-bond acceptors (Lipinski definition) is 8. The molecule has 4 N–H and O–H groups in total. The fraction of sp³-hybridized carbons (Fsp3) is 0.269. The van der Waals surface area contributed by atoms with Crippen LogP contribution >= 0.6 is 23.2 Å². The third-order valence-electron chi connectivity index (χ3n) is 5.56. The normalized spacial score (nSPS) is 14.0. The average molecular weight is 521 g/mol. The molecule has 8 nitrogen and oxygen atoms in total. The molecule has 1 aliphatic rings. The summed E-state index contributed by atoms with van der Waals surface area (Å²) in [7, 11) is 0. The molecule has 2 aromatic carbocycles. The number of hydrazine groups is 2. The van der Waals surface area contributed by atoms with E-state index in [2.05, 4.69) is 59.5 Å². The van der Waals surface area contributed by atoms with E-state index in [4.69, 9.17) is 28.5 Å². The van der Waals surface area contributed by atoms with Crippen molar-refractivity contribution >= 4 is 45.5 Å². The van der Waals surface area contributed by atoms with Crippen molar-refractivity contribution in [1.29, 1.82) is 10.5 Å². The molecular weight excluding hydrogens is 495 g/mol. The molecule has 1 aliphatic heterocycles. The maximum Gasteiger partial charge on any atom is 0.122 e. The summed E-state index contributed by atoms with van der Waals surface area (Å²) >= 11 is 13.3. The van der Waals surface area contributed by atoms with E-state index in [-0.39, 0.29) is 18.0 Å². The minimum atomic E-state index is -0.387. The van der Waals surface area contributed by atoms with Gasteiger partial charge in [-0.2, -0.15) is 10.5 Å². The smallest absolute Gasteiger partial charge is 0.122 e. The van der Waals surface area contributed by atoms with Crippen molar-refractivity contribution in [2.75, 3.05) is 23.7 Å². The Morgan fingerprint density at radius 2 is 1.92 bits per heavy atom. The number of aromatic nitrogens is 1. The molecule has 10 heteroatoms. The number of anilines is 2. The van der Waals surface area contributed by atoms with Gasteiger partial charge in [-0.1, -0.05) is 62.2 Å². The molecule has 0 radical (unpaired) electrons. The van der Waals surface area contributed by atoms with Crippen molar-refractivity contribution in [3.05, 3.63) is 75.7 Å². The quantitative estimate of drug-likeness (QED) is 0.293. The van der Waals surface area contributed by atoms with Crippen LogP contribution in [-0.4, -0.2) is 23.1 Å². The summed E-state index contributed by atoms with van der Waals surface area (Å²) in [5, 5.41) is 29.2. The molecule has 0 aliphatic carbocycles. The van der Waals surface area contributed by atoms with Gasteiger partial charge in [-0.15, -0.1) is 5.53 Å². The zero-order valence-corrected chi connectivity index (χ0v) is 21.7. The lowest BCUT2D eigenvalue weighted by Crippen LogP contribution is -2.37. The van der Waals surface area contributed by atoms with Crippen LogP contribution in [0.2, 0.25) is 10.0 Å². The second-order valence-electron chi connectivity index (χ2n) is 9.63. The molecule has 36 heavy (non-hydrogen) atoms. The van der Waals surface area contributed by atoms with Crippen LogP contribution in [0.15, 0.2) is 54.5 Å². The van der Waals surface area contributed by atoms with E-state index >= 15 is 0 Å². The van der Waals surface area contributed by atoms with Crippen LogP contribution in [-0.2, 0) is 0 Å². The van der Waals surface area contributed by atoms with Gasteiger partial charge in [0.2, 0.25) is 0 Å². The Labute approximate surface area is 220 Å². The third-order valence-corrected chi connectivity index (χ3v) is 6.19. The molecule has 4 rings (SSSR count). The fourth-order valence-corrected chi connectivity index (χ4v) is 4.36. The number of fused-ring (bicyclic) bond motifs is 1. The first-order valence-electron chi connectivity index (χ1n) is 11.3. The monoisotopic (exact) mass is 520 g/mol. The van der Waals surface area contributed by atoms with Gasteiger partial charge < -0.3 is 16.1 Å². The van der Waals surface area contributed by atoms with E-state index in [9.17, 15) is 5.26 Å². The number of rotatable bonds is 7. The molecule has 0 saturated carbocycles. The van der Waals surface area contributed by atoms with Gasteiger partial charge in [0.15, 0.2) is 0 Å². The van der Waals surface area contributed by atoms with E-state index < -0.39 is 0 Å². The Bertz CT molecular complexity index is 1400. The van der Waals surface area contributed by atoms with Crippen molar-refractivity contribution in [2.45, 2.75) is 26.8 Å². The Hall–Kier alpha value is -3.69. The highest BCUT2D eigenvalue weighted by atomic mass is 35.5. The lowest BCUT2D eigenvalue weighted by molar-refractivity contribution is 0.300. The van der Waals surface area contributed by atoms with E-state index in [1.54, 1.807) is 17.3 Å². The molecule has 0 bridgehead atoms. The summed E-state index contributed by atoms with van der Waals surface area (Å²) in [4.78, 5) is 4.44. The summed E-state index contributed by atoms with van der Waals surface area (Å²) in [6.07, 6.45) is 3.36. The van der Waals surface area contributed by atoms with Crippen molar-refractivity contribution in [3.8, 4) is 12.1 Å². The zero-order chi connectivity index (χ0) is 25.9. The number of nitrogens with one attached hydrogen (secondary N) is 4. The van der Waals surface area contributed by atoms with Gasteiger partial charge in [0.05, 0.1) is 39.6 Å².